The Morgan fingerprint density at radius 2 is 2.20 bits per heavy atom. The van der Waals surface area contributed by atoms with Crippen molar-refractivity contribution in [2.24, 2.45) is 0 Å². The number of halogens is 4. The van der Waals surface area contributed by atoms with E-state index in [1.165, 1.54) is 0 Å². The number of aromatic carboxylic acids is 1. The molecule has 0 atom stereocenters. The maximum absolute atomic E-state index is 13.3. The van der Waals surface area contributed by atoms with E-state index in [1.807, 2.05) is 0 Å². The topological polar surface area (TPSA) is 50.2 Å². The minimum Gasteiger partial charge on any atom is -0.478 e. The molecule has 0 unspecified atom stereocenters. The van der Waals surface area contributed by atoms with Crippen LogP contribution >= 0.6 is 11.6 Å². The van der Waals surface area contributed by atoms with Gasteiger partial charge in [0, 0.05) is 11.8 Å². The number of aromatic nitrogens is 1. The van der Waals surface area contributed by atoms with Crippen LogP contribution in [0.1, 0.15) is 28.0 Å². The Bertz CT molecular complexity index is 398. The second-order valence-electron chi connectivity index (χ2n) is 2.59. The highest BCUT2D eigenvalue weighted by Gasteiger charge is 2.22. The largest absolute Gasteiger partial charge is 0.478 e. The van der Waals surface area contributed by atoms with Crippen molar-refractivity contribution in [3.63, 3.8) is 0 Å². The van der Waals surface area contributed by atoms with Crippen LogP contribution in [-0.2, 0) is 5.88 Å². The van der Waals surface area contributed by atoms with E-state index in [0.717, 1.165) is 0 Å². The Balaban J connectivity index is 3.39. The molecule has 1 aromatic heterocycles. The van der Waals surface area contributed by atoms with Gasteiger partial charge in [-0.15, -0.1) is 11.6 Å². The van der Waals surface area contributed by atoms with Gasteiger partial charge in [0.2, 0.25) is 0 Å². The summed E-state index contributed by atoms with van der Waals surface area (Å²) >= 11 is 5.25. The molecule has 0 aliphatic heterocycles. The van der Waals surface area contributed by atoms with Crippen LogP contribution < -0.4 is 0 Å². The number of rotatable bonds is 3. The van der Waals surface area contributed by atoms with Crippen LogP contribution in [0.25, 0.3) is 0 Å². The number of carbonyl (C=O) groups is 1. The van der Waals surface area contributed by atoms with Gasteiger partial charge < -0.3 is 5.11 Å². The van der Waals surface area contributed by atoms with Gasteiger partial charge in [-0.2, -0.15) is 0 Å². The summed E-state index contributed by atoms with van der Waals surface area (Å²) in [6.45, 7) is 0. The summed E-state index contributed by atoms with van der Waals surface area (Å²) in [5.41, 5.74) is -2.17. The van der Waals surface area contributed by atoms with Crippen molar-refractivity contribution in [3.05, 3.63) is 28.8 Å². The number of nitrogens with zero attached hydrogens (tertiary/aromatic N) is 1. The first kappa shape index (κ1) is 11.8. The maximum Gasteiger partial charge on any atom is 0.340 e. The Morgan fingerprint density at radius 1 is 1.60 bits per heavy atom. The molecule has 0 spiro atoms. The molecule has 0 fully saturated rings. The fourth-order valence-electron chi connectivity index (χ4n) is 1.01. The molecule has 0 aliphatic rings. The first-order valence-corrected chi connectivity index (χ1v) is 4.27. The Hall–Kier alpha value is -1.30. The van der Waals surface area contributed by atoms with Gasteiger partial charge in [0.05, 0.1) is 5.88 Å². The van der Waals surface area contributed by atoms with Crippen molar-refractivity contribution in [3.8, 4) is 0 Å². The van der Waals surface area contributed by atoms with Gasteiger partial charge in [0.1, 0.15) is 17.1 Å². The normalized spacial score (nSPS) is 10.7. The van der Waals surface area contributed by atoms with E-state index >= 15 is 0 Å². The third kappa shape index (κ3) is 2.20. The average Bonchev–Trinajstić information content (AvgIpc) is 2.16. The van der Waals surface area contributed by atoms with E-state index < -0.39 is 40.9 Å². The summed E-state index contributed by atoms with van der Waals surface area (Å²) in [6, 6.07) is 0. The summed E-state index contributed by atoms with van der Waals surface area (Å²) < 4.78 is 37.9. The van der Waals surface area contributed by atoms with Gasteiger partial charge in [-0.25, -0.2) is 18.0 Å². The SMILES string of the molecule is O=C(O)c1cnc(C(F)F)c(CCl)c1F. The van der Waals surface area contributed by atoms with Gasteiger partial charge in [0.25, 0.3) is 6.43 Å². The molecule has 0 saturated carbocycles. The van der Waals surface area contributed by atoms with Crippen LogP contribution in [0.2, 0.25) is 0 Å². The van der Waals surface area contributed by atoms with E-state index in [1.54, 1.807) is 0 Å². The van der Waals surface area contributed by atoms with Gasteiger partial charge in [-0.3, -0.25) is 4.98 Å². The molecule has 1 heterocycles. The molecular weight excluding hydrogens is 235 g/mol. The highest BCUT2D eigenvalue weighted by Crippen LogP contribution is 2.25. The quantitative estimate of drug-likeness (QED) is 0.825. The molecular formula is C8H5ClF3NO2. The van der Waals surface area contributed by atoms with Crippen LogP contribution in [0, 0.1) is 5.82 Å². The molecule has 0 aromatic carbocycles. The zero-order valence-electron chi connectivity index (χ0n) is 7.18. The number of carboxylic acid groups (broad SMARTS) is 1. The minimum atomic E-state index is -2.99. The lowest BCUT2D eigenvalue weighted by Crippen LogP contribution is -2.08. The lowest BCUT2D eigenvalue weighted by atomic mass is 10.1. The summed E-state index contributed by atoms with van der Waals surface area (Å²) in [6.07, 6.45) is -2.44. The highest BCUT2D eigenvalue weighted by molar-refractivity contribution is 6.17. The molecule has 0 bridgehead atoms. The average molecular weight is 240 g/mol. The molecule has 0 amide bonds. The number of pyridine rings is 1. The number of hydrogen-bond donors (Lipinski definition) is 1. The van der Waals surface area contributed by atoms with Crippen molar-refractivity contribution in [2.45, 2.75) is 12.3 Å². The van der Waals surface area contributed by atoms with Crippen molar-refractivity contribution < 1.29 is 23.1 Å². The standard InChI is InChI=1S/C8H5ClF3NO2/c9-1-3-5(10)4(8(14)15)2-13-6(3)7(11)12/h2,7H,1H2,(H,14,15). The lowest BCUT2D eigenvalue weighted by molar-refractivity contribution is 0.0690. The molecule has 82 valence electrons. The Morgan fingerprint density at radius 3 is 2.60 bits per heavy atom. The first-order chi connectivity index (χ1) is 6.99. The molecule has 3 nitrogen and oxygen atoms in total. The van der Waals surface area contributed by atoms with Gasteiger partial charge in [-0.05, 0) is 0 Å². The van der Waals surface area contributed by atoms with E-state index in [0.29, 0.717) is 6.20 Å². The summed E-state index contributed by atoms with van der Waals surface area (Å²) in [7, 11) is 0. The number of alkyl halides is 3. The predicted octanol–water partition coefficient (Wildman–Crippen LogP) is 2.60. The third-order valence-corrected chi connectivity index (χ3v) is 1.98. The van der Waals surface area contributed by atoms with E-state index in [9.17, 15) is 18.0 Å². The molecule has 1 aromatic rings. The highest BCUT2D eigenvalue weighted by atomic mass is 35.5. The Labute approximate surface area is 87.5 Å². The summed E-state index contributed by atoms with van der Waals surface area (Å²) in [5.74, 6) is -3.39. The lowest BCUT2D eigenvalue weighted by Gasteiger charge is -2.07. The molecule has 1 rings (SSSR count). The second kappa shape index (κ2) is 4.48. The molecule has 0 aliphatic carbocycles. The fraction of sp³-hybridized carbons (Fsp3) is 0.250. The van der Waals surface area contributed by atoms with Crippen molar-refractivity contribution in [1.29, 1.82) is 0 Å². The van der Waals surface area contributed by atoms with Crippen molar-refractivity contribution in [2.75, 3.05) is 0 Å². The minimum absolute atomic E-state index is 0.551. The van der Waals surface area contributed by atoms with Crippen molar-refractivity contribution in [1.82, 2.24) is 4.98 Å². The second-order valence-corrected chi connectivity index (χ2v) is 2.86. The molecule has 7 heteroatoms. The van der Waals surface area contributed by atoms with Crippen LogP contribution in [0.15, 0.2) is 6.20 Å². The predicted molar refractivity (Wildman–Crippen MR) is 45.7 cm³/mol. The number of hydrogen-bond acceptors (Lipinski definition) is 2. The molecule has 0 saturated heterocycles. The van der Waals surface area contributed by atoms with Crippen LogP contribution in [0.5, 0.6) is 0 Å². The first-order valence-electron chi connectivity index (χ1n) is 3.73. The smallest absolute Gasteiger partial charge is 0.340 e. The van der Waals surface area contributed by atoms with Gasteiger partial charge in [0.15, 0.2) is 0 Å². The molecule has 1 N–H and O–H groups in total. The van der Waals surface area contributed by atoms with E-state index in [-0.39, 0.29) is 0 Å². The monoisotopic (exact) mass is 239 g/mol. The maximum atomic E-state index is 13.3. The summed E-state index contributed by atoms with van der Waals surface area (Å²) in [4.78, 5) is 13.6. The van der Waals surface area contributed by atoms with Crippen LogP contribution in [-0.4, -0.2) is 16.1 Å². The molecule has 15 heavy (non-hydrogen) atoms. The van der Waals surface area contributed by atoms with Crippen LogP contribution in [0.3, 0.4) is 0 Å². The van der Waals surface area contributed by atoms with Crippen LogP contribution in [0.4, 0.5) is 13.2 Å². The van der Waals surface area contributed by atoms with E-state index in [4.69, 9.17) is 16.7 Å². The van der Waals surface area contributed by atoms with Crippen molar-refractivity contribution >= 4 is 17.6 Å². The summed E-state index contributed by atoms with van der Waals surface area (Å²) in [5, 5.41) is 8.50. The van der Waals surface area contributed by atoms with E-state index in [2.05, 4.69) is 4.98 Å². The molecule has 0 radical (unpaired) electrons. The van der Waals surface area contributed by atoms with Gasteiger partial charge in [-0.1, -0.05) is 0 Å². The zero-order valence-corrected chi connectivity index (χ0v) is 7.93. The Kier molecular flexibility index (Phi) is 3.52. The fourth-order valence-corrected chi connectivity index (χ4v) is 1.26. The zero-order chi connectivity index (χ0) is 11.6. The van der Waals surface area contributed by atoms with Gasteiger partial charge >= 0.3 is 5.97 Å². The number of carboxylic acids is 1. The third-order valence-electron chi connectivity index (χ3n) is 1.71.